The third-order valence-corrected chi connectivity index (χ3v) is 4.65. The maximum absolute atomic E-state index is 5.00. The van der Waals surface area contributed by atoms with E-state index in [9.17, 15) is 0 Å². The number of H-pyrrole nitrogens is 1. The first-order chi connectivity index (χ1) is 12.4. The smallest absolute Gasteiger partial charge is 0.138 e. The first kappa shape index (κ1) is 15.6. The number of unbranched alkanes of at least 4 members (excludes halogenated alkanes) is 1. The lowest BCUT2D eigenvalue weighted by atomic mass is 10.00. The lowest BCUT2D eigenvalue weighted by Crippen LogP contribution is -1.90. The minimum absolute atomic E-state index is 0.953. The summed E-state index contributed by atoms with van der Waals surface area (Å²) in [6.45, 7) is 2.23. The molecule has 0 aliphatic rings. The number of imidazole rings is 1. The van der Waals surface area contributed by atoms with Gasteiger partial charge in [0.1, 0.15) is 5.82 Å². The number of nitrogens with one attached hydrogen (secondary N) is 1. The molecule has 0 aliphatic carbocycles. The number of aryl methyl sites for hydroxylation is 1. The largest absolute Gasteiger partial charge is 0.341 e. The van der Waals surface area contributed by atoms with E-state index in [1.54, 1.807) is 0 Å². The van der Waals surface area contributed by atoms with Gasteiger partial charge in [-0.25, -0.2) is 4.98 Å². The minimum Gasteiger partial charge on any atom is -0.341 e. The summed E-state index contributed by atoms with van der Waals surface area (Å²) in [5.41, 5.74) is 4.66. The van der Waals surface area contributed by atoms with Crippen molar-refractivity contribution < 1.29 is 0 Å². The van der Waals surface area contributed by atoms with Gasteiger partial charge in [-0.2, -0.15) is 0 Å². The molecule has 0 bridgehead atoms. The lowest BCUT2D eigenvalue weighted by molar-refractivity contribution is 0.782. The monoisotopic (exact) mass is 326 g/mol. The highest BCUT2D eigenvalue weighted by Crippen LogP contribution is 2.32. The predicted octanol–water partition coefficient (Wildman–Crippen LogP) is 6.24. The highest BCUT2D eigenvalue weighted by Gasteiger charge is 2.15. The SMILES string of the molecule is CCCCc1[nH]c(-c2ccccc2)nc1-c1cccc2ccccc12. The summed E-state index contributed by atoms with van der Waals surface area (Å²) in [5.74, 6) is 0.953. The van der Waals surface area contributed by atoms with E-state index in [0.29, 0.717) is 0 Å². The van der Waals surface area contributed by atoms with Crippen molar-refractivity contribution in [3.63, 3.8) is 0 Å². The van der Waals surface area contributed by atoms with Gasteiger partial charge in [0.2, 0.25) is 0 Å². The maximum Gasteiger partial charge on any atom is 0.138 e. The molecule has 2 nitrogen and oxygen atoms in total. The molecule has 0 atom stereocenters. The van der Waals surface area contributed by atoms with Crippen molar-refractivity contribution in [2.24, 2.45) is 0 Å². The van der Waals surface area contributed by atoms with Crippen molar-refractivity contribution in [3.8, 4) is 22.6 Å². The van der Waals surface area contributed by atoms with Crippen LogP contribution in [0.2, 0.25) is 0 Å². The van der Waals surface area contributed by atoms with Crippen LogP contribution in [0.4, 0.5) is 0 Å². The topological polar surface area (TPSA) is 28.7 Å². The van der Waals surface area contributed by atoms with Gasteiger partial charge in [0.05, 0.1) is 5.69 Å². The van der Waals surface area contributed by atoms with Crippen LogP contribution < -0.4 is 0 Å². The van der Waals surface area contributed by atoms with E-state index in [1.807, 2.05) is 6.07 Å². The fourth-order valence-corrected chi connectivity index (χ4v) is 3.33. The van der Waals surface area contributed by atoms with Crippen LogP contribution in [0.15, 0.2) is 72.8 Å². The molecule has 25 heavy (non-hydrogen) atoms. The number of benzene rings is 3. The fourth-order valence-electron chi connectivity index (χ4n) is 3.33. The van der Waals surface area contributed by atoms with Crippen molar-refractivity contribution >= 4 is 10.8 Å². The Balaban J connectivity index is 1.88. The van der Waals surface area contributed by atoms with Gasteiger partial charge in [0.25, 0.3) is 0 Å². The number of aromatic nitrogens is 2. The third kappa shape index (κ3) is 3.08. The molecule has 2 heteroatoms. The van der Waals surface area contributed by atoms with Crippen molar-refractivity contribution in [1.82, 2.24) is 9.97 Å². The summed E-state index contributed by atoms with van der Waals surface area (Å²) in [6.07, 6.45) is 3.36. The molecule has 4 aromatic rings. The molecule has 0 unspecified atom stereocenters. The quantitative estimate of drug-likeness (QED) is 0.462. The Labute approximate surface area is 148 Å². The van der Waals surface area contributed by atoms with Gasteiger partial charge in [-0.05, 0) is 23.6 Å². The summed E-state index contributed by atoms with van der Waals surface area (Å²) >= 11 is 0. The Kier molecular flexibility index (Phi) is 4.34. The first-order valence-corrected chi connectivity index (χ1v) is 8.99. The van der Waals surface area contributed by atoms with Gasteiger partial charge in [-0.3, -0.25) is 0 Å². The summed E-state index contributed by atoms with van der Waals surface area (Å²) in [5, 5.41) is 2.51. The molecule has 0 aliphatic heterocycles. The Morgan fingerprint density at radius 1 is 0.840 bits per heavy atom. The number of aromatic amines is 1. The van der Waals surface area contributed by atoms with E-state index in [0.717, 1.165) is 29.9 Å². The Morgan fingerprint density at radius 2 is 1.60 bits per heavy atom. The van der Waals surface area contributed by atoms with Crippen LogP contribution >= 0.6 is 0 Å². The van der Waals surface area contributed by atoms with Crippen LogP contribution in [-0.4, -0.2) is 9.97 Å². The molecule has 0 radical (unpaired) electrons. The molecule has 124 valence electrons. The Hall–Kier alpha value is -2.87. The predicted molar refractivity (Wildman–Crippen MR) is 106 cm³/mol. The van der Waals surface area contributed by atoms with Gasteiger partial charge < -0.3 is 4.98 Å². The molecule has 4 rings (SSSR count). The standard InChI is InChI=1S/C23H22N2/c1-2-3-16-21-22(25-23(24-21)18-11-5-4-6-12-18)20-15-9-13-17-10-7-8-14-19(17)20/h4-15H,2-3,16H2,1H3,(H,24,25). The van der Waals surface area contributed by atoms with E-state index in [4.69, 9.17) is 4.98 Å². The van der Waals surface area contributed by atoms with Crippen molar-refractivity contribution in [3.05, 3.63) is 78.5 Å². The van der Waals surface area contributed by atoms with Crippen LogP contribution in [0.3, 0.4) is 0 Å². The van der Waals surface area contributed by atoms with Crippen molar-refractivity contribution in [2.45, 2.75) is 26.2 Å². The second-order valence-corrected chi connectivity index (χ2v) is 6.41. The van der Waals surface area contributed by atoms with Gasteiger partial charge in [0, 0.05) is 16.8 Å². The van der Waals surface area contributed by atoms with Crippen molar-refractivity contribution in [1.29, 1.82) is 0 Å². The lowest BCUT2D eigenvalue weighted by Gasteiger charge is -2.06. The number of hydrogen-bond donors (Lipinski definition) is 1. The maximum atomic E-state index is 5.00. The molecule has 3 aromatic carbocycles. The fraction of sp³-hybridized carbons (Fsp3) is 0.174. The minimum atomic E-state index is 0.953. The van der Waals surface area contributed by atoms with E-state index in [-0.39, 0.29) is 0 Å². The summed E-state index contributed by atoms with van der Waals surface area (Å²) in [6, 6.07) is 25.4. The molecule has 1 heterocycles. The van der Waals surface area contributed by atoms with E-state index in [1.165, 1.54) is 28.5 Å². The van der Waals surface area contributed by atoms with E-state index >= 15 is 0 Å². The van der Waals surface area contributed by atoms with Gasteiger partial charge in [0.15, 0.2) is 0 Å². The number of nitrogens with zero attached hydrogens (tertiary/aromatic N) is 1. The van der Waals surface area contributed by atoms with Crippen LogP contribution in [0.25, 0.3) is 33.4 Å². The molecule has 1 N–H and O–H groups in total. The molecule has 1 aromatic heterocycles. The highest BCUT2D eigenvalue weighted by atomic mass is 14.9. The van der Waals surface area contributed by atoms with Crippen LogP contribution in [0.5, 0.6) is 0 Å². The highest BCUT2D eigenvalue weighted by molar-refractivity contribution is 5.96. The van der Waals surface area contributed by atoms with Crippen LogP contribution in [0, 0.1) is 0 Å². The molecule has 0 fully saturated rings. The number of fused-ring (bicyclic) bond motifs is 1. The zero-order valence-corrected chi connectivity index (χ0v) is 14.5. The van der Waals surface area contributed by atoms with E-state index < -0.39 is 0 Å². The second kappa shape index (κ2) is 6.94. The summed E-state index contributed by atoms with van der Waals surface area (Å²) in [4.78, 5) is 8.58. The van der Waals surface area contributed by atoms with Crippen LogP contribution in [0.1, 0.15) is 25.5 Å². The molecular formula is C23H22N2. The summed E-state index contributed by atoms with van der Waals surface area (Å²) in [7, 11) is 0. The summed E-state index contributed by atoms with van der Waals surface area (Å²) < 4.78 is 0. The first-order valence-electron chi connectivity index (χ1n) is 8.99. The zero-order valence-electron chi connectivity index (χ0n) is 14.5. The van der Waals surface area contributed by atoms with Crippen molar-refractivity contribution in [2.75, 3.05) is 0 Å². The number of hydrogen-bond acceptors (Lipinski definition) is 1. The molecule has 0 saturated heterocycles. The average Bonchev–Trinajstić information content (AvgIpc) is 3.10. The molecule has 0 spiro atoms. The van der Waals surface area contributed by atoms with E-state index in [2.05, 4.69) is 78.6 Å². The molecule has 0 saturated carbocycles. The normalized spacial score (nSPS) is 11.1. The zero-order chi connectivity index (χ0) is 17.1. The average molecular weight is 326 g/mol. The Morgan fingerprint density at radius 3 is 2.44 bits per heavy atom. The van der Waals surface area contributed by atoms with Gasteiger partial charge in [-0.1, -0.05) is 86.1 Å². The Bertz CT molecular complexity index is 978. The third-order valence-electron chi connectivity index (χ3n) is 4.65. The second-order valence-electron chi connectivity index (χ2n) is 6.41. The van der Waals surface area contributed by atoms with Gasteiger partial charge in [-0.15, -0.1) is 0 Å². The number of rotatable bonds is 5. The molecular weight excluding hydrogens is 304 g/mol. The molecule has 0 amide bonds. The van der Waals surface area contributed by atoms with Crippen LogP contribution in [-0.2, 0) is 6.42 Å². The van der Waals surface area contributed by atoms with Gasteiger partial charge >= 0.3 is 0 Å².